The fraction of sp³-hybridized carbons (Fsp3) is 0.400. The van der Waals surface area contributed by atoms with Gasteiger partial charge in [-0.2, -0.15) is 4.98 Å². The summed E-state index contributed by atoms with van der Waals surface area (Å²) in [6.45, 7) is 3.68. The third-order valence-electron chi connectivity index (χ3n) is 5.84. The average Bonchev–Trinajstić information content (AvgIpc) is 3.30. The van der Waals surface area contributed by atoms with Gasteiger partial charge in [0.1, 0.15) is 6.61 Å². The molecule has 2 heterocycles. The summed E-state index contributed by atoms with van der Waals surface area (Å²) in [5.41, 5.74) is 4.75. The average molecular weight is 488 g/mol. The van der Waals surface area contributed by atoms with Gasteiger partial charge in [0, 0.05) is 42.1 Å². The number of halogens is 1. The van der Waals surface area contributed by atoms with Crippen LogP contribution in [0.25, 0.3) is 22.8 Å². The number of aliphatic carboxylic acids is 1. The Morgan fingerprint density at radius 2 is 2.03 bits per heavy atom. The number of hydrogen-bond donors (Lipinski definition) is 1. The van der Waals surface area contributed by atoms with E-state index in [4.69, 9.17) is 19.1 Å². The number of rotatable bonds is 9. The molecule has 34 heavy (non-hydrogen) atoms. The van der Waals surface area contributed by atoms with Crippen molar-refractivity contribution in [1.82, 2.24) is 10.1 Å². The van der Waals surface area contributed by atoms with Crippen molar-refractivity contribution in [1.29, 1.82) is 0 Å². The van der Waals surface area contributed by atoms with Crippen molar-refractivity contribution in [2.24, 2.45) is 0 Å². The molecular formula is C25H30ClN3O5. The van der Waals surface area contributed by atoms with Crippen LogP contribution in [0.3, 0.4) is 0 Å². The van der Waals surface area contributed by atoms with Gasteiger partial charge in [0.15, 0.2) is 0 Å². The van der Waals surface area contributed by atoms with Gasteiger partial charge in [0.2, 0.25) is 5.82 Å². The van der Waals surface area contributed by atoms with Crippen LogP contribution in [0.2, 0.25) is 0 Å². The Hall–Kier alpha value is -2.94. The first-order valence-electron chi connectivity index (χ1n) is 11.2. The lowest BCUT2D eigenvalue weighted by Gasteiger charge is -2.36. The fourth-order valence-corrected chi connectivity index (χ4v) is 4.24. The second-order valence-electron chi connectivity index (χ2n) is 8.32. The van der Waals surface area contributed by atoms with Gasteiger partial charge in [-0.3, -0.25) is 0 Å². The first-order valence-corrected chi connectivity index (χ1v) is 11.2. The minimum Gasteiger partial charge on any atom is -0.480 e. The van der Waals surface area contributed by atoms with Crippen LogP contribution in [-0.4, -0.2) is 47.5 Å². The standard InChI is InChI=1S/C25H29N3O5.ClH/c1-17-6-3-4-11-28(17)22-10-9-20(13-21(22)15-31-2)25-26-24(27-33-25)19-8-5-7-18(12-19)14-32-16-23(29)30;/h5,7-10,12-13,17H,3-4,6,11,14-16H2,1-2H3,(H,29,30);1H. The highest BCUT2D eigenvalue weighted by atomic mass is 35.5. The summed E-state index contributed by atoms with van der Waals surface area (Å²) >= 11 is 0. The number of benzene rings is 2. The third-order valence-corrected chi connectivity index (χ3v) is 5.84. The highest BCUT2D eigenvalue weighted by Crippen LogP contribution is 2.32. The van der Waals surface area contributed by atoms with Crippen molar-refractivity contribution in [3.8, 4) is 22.8 Å². The van der Waals surface area contributed by atoms with E-state index in [-0.39, 0.29) is 25.6 Å². The summed E-state index contributed by atoms with van der Waals surface area (Å²) in [6, 6.07) is 14.2. The van der Waals surface area contributed by atoms with Gasteiger partial charge in [-0.05, 0) is 56.0 Å². The minimum atomic E-state index is -0.998. The molecule has 1 aliphatic heterocycles. The number of ether oxygens (including phenoxy) is 2. The first-order chi connectivity index (χ1) is 16.0. The highest BCUT2D eigenvalue weighted by molar-refractivity contribution is 5.85. The van der Waals surface area contributed by atoms with E-state index in [0.29, 0.717) is 24.4 Å². The van der Waals surface area contributed by atoms with Crippen LogP contribution in [0.4, 0.5) is 5.69 Å². The monoisotopic (exact) mass is 487 g/mol. The fourth-order valence-electron chi connectivity index (χ4n) is 4.24. The van der Waals surface area contributed by atoms with Gasteiger partial charge in [-0.1, -0.05) is 23.4 Å². The Labute approximate surface area is 205 Å². The summed E-state index contributed by atoms with van der Waals surface area (Å²) in [4.78, 5) is 17.7. The van der Waals surface area contributed by atoms with Gasteiger partial charge in [0.05, 0.1) is 13.2 Å². The van der Waals surface area contributed by atoms with Crippen LogP contribution in [0.1, 0.15) is 37.3 Å². The van der Waals surface area contributed by atoms with Crippen molar-refractivity contribution < 1.29 is 23.9 Å². The molecule has 1 aliphatic rings. The quantitative estimate of drug-likeness (QED) is 0.452. The highest BCUT2D eigenvalue weighted by Gasteiger charge is 2.22. The van der Waals surface area contributed by atoms with Crippen molar-refractivity contribution >= 4 is 24.1 Å². The summed E-state index contributed by atoms with van der Waals surface area (Å²) in [5, 5.41) is 12.9. The number of methoxy groups -OCH3 is 1. The van der Waals surface area contributed by atoms with Crippen molar-refractivity contribution in [2.75, 3.05) is 25.2 Å². The smallest absolute Gasteiger partial charge is 0.329 e. The molecule has 0 spiro atoms. The van der Waals surface area contributed by atoms with Crippen LogP contribution in [0.15, 0.2) is 47.0 Å². The molecule has 1 fully saturated rings. The molecule has 0 amide bonds. The molecular weight excluding hydrogens is 458 g/mol. The van der Waals surface area contributed by atoms with Crippen molar-refractivity contribution in [3.63, 3.8) is 0 Å². The van der Waals surface area contributed by atoms with Gasteiger partial charge < -0.3 is 24.0 Å². The molecule has 182 valence electrons. The lowest BCUT2D eigenvalue weighted by Crippen LogP contribution is -2.38. The zero-order valence-corrected chi connectivity index (χ0v) is 20.2. The van der Waals surface area contributed by atoms with Crippen LogP contribution < -0.4 is 4.90 Å². The second-order valence-corrected chi connectivity index (χ2v) is 8.32. The number of aromatic nitrogens is 2. The SMILES string of the molecule is COCc1cc(-c2nc(-c3cccc(COCC(=O)O)c3)no2)ccc1N1CCCCC1C.Cl. The van der Waals surface area contributed by atoms with Gasteiger partial charge >= 0.3 is 5.97 Å². The predicted octanol–water partition coefficient (Wildman–Crippen LogP) is 4.95. The maximum Gasteiger partial charge on any atom is 0.329 e. The third kappa shape index (κ3) is 6.14. The van der Waals surface area contributed by atoms with Crippen molar-refractivity contribution in [3.05, 3.63) is 53.6 Å². The zero-order valence-electron chi connectivity index (χ0n) is 19.4. The molecule has 1 N–H and O–H groups in total. The van der Waals surface area contributed by atoms with Gasteiger partial charge in [-0.15, -0.1) is 12.4 Å². The maximum absolute atomic E-state index is 10.6. The molecule has 1 unspecified atom stereocenters. The maximum atomic E-state index is 10.6. The molecule has 0 bridgehead atoms. The Kier molecular flexibility index (Phi) is 9.04. The van der Waals surface area contributed by atoms with Crippen LogP contribution in [-0.2, 0) is 27.5 Å². The van der Waals surface area contributed by atoms with E-state index >= 15 is 0 Å². The number of piperidine rings is 1. The lowest BCUT2D eigenvalue weighted by molar-refractivity contribution is -0.142. The van der Waals surface area contributed by atoms with E-state index in [2.05, 4.69) is 34.1 Å². The predicted molar refractivity (Wildman–Crippen MR) is 131 cm³/mol. The van der Waals surface area contributed by atoms with Crippen LogP contribution in [0, 0.1) is 0 Å². The van der Waals surface area contributed by atoms with E-state index in [9.17, 15) is 4.79 Å². The molecule has 0 radical (unpaired) electrons. The Bertz CT molecular complexity index is 1100. The molecule has 1 aromatic heterocycles. The topological polar surface area (TPSA) is 97.9 Å². The zero-order chi connectivity index (χ0) is 23.2. The van der Waals surface area contributed by atoms with Crippen molar-refractivity contribution in [2.45, 2.75) is 45.4 Å². The molecule has 3 aromatic rings. The van der Waals surface area contributed by atoms with E-state index in [1.54, 1.807) is 7.11 Å². The number of carbonyl (C=O) groups is 1. The largest absolute Gasteiger partial charge is 0.480 e. The summed E-state index contributed by atoms with van der Waals surface area (Å²) in [6.07, 6.45) is 3.67. The normalized spacial score (nSPS) is 15.7. The molecule has 1 saturated heterocycles. The Balaban J connectivity index is 0.00000324. The molecule has 4 rings (SSSR count). The number of carboxylic acids is 1. The first kappa shape index (κ1) is 25.7. The van der Waals surface area contributed by atoms with E-state index in [1.807, 2.05) is 30.3 Å². The number of nitrogens with zero attached hydrogens (tertiary/aromatic N) is 3. The molecule has 0 aliphatic carbocycles. The van der Waals surface area contributed by atoms with Gasteiger partial charge in [0.25, 0.3) is 5.89 Å². The Morgan fingerprint density at radius 3 is 2.79 bits per heavy atom. The van der Waals surface area contributed by atoms with E-state index in [1.165, 1.54) is 24.9 Å². The number of hydrogen-bond acceptors (Lipinski definition) is 7. The minimum absolute atomic E-state index is 0. The van der Waals surface area contributed by atoms with Crippen LogP contribution >= 0.6 is 12.4 Å². The van der Waals surface area contributed by atoms with E-state index < -0.39 is 5.97 Å². The number of carboxylic acid groups (broad SMARTS) is 1. The summed E-state index contributed by atoms with van der Waals surface area (Å²) in [7, 11) is 1.70. The molecule has 0 saturated carbocycles. The van der Waals surface area contributed by atoms with Crippen LogP contribution in [0.5, 0.6) is 0 Å². The summed E-state index contributed by atoms with van der Waals surface area (Å²) in [5.74, 6) is -0.0946. The molecule has 1 atom stereocenters. The molecule has 2 aromatic carbocycles. The van der Waals surface area contributed by atoms with Gasteiger partial charge in [-0.25, -0.2) is 4.79 Å². The number of anilines is 1. The molecule has 8 nitrogen and oxygen atoms in total. The molecule has 9 heteroatoms. The summed E-state index contributed by atoms with van der Waals surface area (Å²) < 4.78 is 16.2. The Morgan fingerprint density at radius 1 is 1.18 bits per heavy atom. The van der Waals surface area contributed by atoms with E-state index in [0.717, 1.165) is 28.8 Å². The lowest BCUT2D eigenvalue weighted by atomic mass is 10.00. The second kappa shape index (κ2) is 12.0.